The number of rotatable bonds is 1. The van der Waals surface area contributed by atoms with Gasteiger partial charge in [0.25, 0.3) is 0 Å². The van der Waals surface area contributed by atoms with Crippen LogP contribution in [0.25, 0.3) is 27.5 Å². The Bertz CT molecular complexity index is 1850. The number of allylic oxidation sites excluding steroid dienone is 4. The van der Waals surface area contributed by atoms with Crippen molar-refractivity contribution < 1.29 is 4.74 Å². The van der Waals surface area contributed by atoms with Crippen molar-refractivity contribution >= 4 is 44.6 Å². The molecule has 0 amide bonds. The van der Waals surface area contributed by atoms with Crippen LogP contribution in [-0.2, 0) is 5.41 Å². The first-order valence-electron chi connectivity index (χ1n) is 13.2. The van der Waals surface area contributed by atoms with E-state index in [1.54, 1.807) is 0 Å². The average Bonchev–Trinajstić information content (AvgIpc) is 3.23. The van der Waals surface area contributed by atoms with Crippen LogP contribution in [0.5, 0.6) is 11.5 Å². The Morgan fingerprint density at radius 1 is 0.784 bits per heavy atom. The molecule has 0 N–H and O–H groups in total. The second-order valence-electron chi connectivity index (χ2n) is 11.0. The summed E-state index contributed by atoms with van der Waals surface area (Å²) in [5.74, 6) is 1.82. The Morgan fingerprint density at radius 3 is 2.49 bits per heavy atom. The van der Waals surface area contributed by atoms with Crippen molar-refractivity contribution in [3.05, 3.63) is 108 Å². The average molecular weight is 481 g/mol. The van der Waals surface area contributed by atoms with Gasteiger partial charge in [-0.15, -0.1) is 0 Å². The van der Waals surface area contributed by atoms with E-state index in [4.69, 9.17) is 4.74 Å². The molecule has 0 spiro atoms. The van der Waals surface area contributed by atoms with E-state index < -0.39 is 0 Å². The van der Waals surface area contributed by atoms with E-state index in [0.29, 0.717) is 0 Å². The Balaban J connectivity index is 1.52. The van der Waals surface area contributed by atoms with Crippen LogP contribution in [0.1, 0.15) is 43.4 Å². The van der Waals surface area contributed by atoms with Gasteiger partial charge in [-0.2, -0.15) is 0 Å². The van der Waals surface area contributed by atoms with Gasteiger partial charge in [0.15, 0.2) is 11.5 Å². The quantitative estimate of drug-likeness (QED) is 0.233. The summed E-state index contributed by atoms with van der Waals surface area (Å²) in [6, 6.07) is 26.7. The molecule has 2 aliphatic heterocycles. The molecule has 0 radical (unpaired) electrons. The van der Waals surface area contributed by atoms with Crippen LogP contribution >= 0.6 is 0 Å². The standard InChI is InChI=1S/C34H28N2O/c1-21-16-17-23-24-19-30-26(20-29(24)35(28(23)18-21)22-10-5-4-6-11-22)34(2,3)25-12-9-15-32-33(25)36(30)27-13-7-8-14-31(27)37-32/h4-5,7-10,12-20H,6,11H2,1-3H3. The summed E-state index contributed by atoms with van der Waals surface area (Å²) >= 11 is 0. The van der Waals surface area contributed by atoms with E-state index >= 15 is 0 Å². The Kier molecular flexibility index (Phi) is 4.05. The minimum atomic E-state index is -0.181. The molecule has 37 heavy (non-hydrogen) atoms. The SMILES string of the molecule is Cc1ccc2c3cc4c(cc3n(C3=CC=CCC3)c2c1)C(C)(C)c1cccc2c1N4c1ccccc1O2. The highest BCUT2D eigenvalue weighted by Crippen LogP contribution is 2.60. The van der Waals surface area contributed by atoms with Crippen LogP contribution in [0.3, 0.4) is 0 Å². The molecule has 0 saturated heterocycles. The number of para-hydroxylation sites is 3. The highest BCUT2D eigenvalue weighted by Gasteiger charge is 2.42. The van der Waals surface area contributed by atoms with Crippen LogP contribution in [0, 0.1) is 6.92 Å². The highest BCUT2D eigenvalue weighted by atomic mass is 16.5. The molecule has 0 atom stereocenters. The van der Waals surface area contributed by atoms with E-state index in [1.165, 1.54) is 49.9 Å². The first-order chi connectivity index (χ1) is 18.0. The topological polar surface area (TPSA) is 17.4 Å². The molecule has 4 aromatic carbocycles. The van der Waals surface area contributed by atoms with Gasteiger partial charge in [0, 0.05) is 21.9 Å². The van der Waals surface area contributed by atoms with Gasteiger partial charge in [-0.3, -0.25) is 0 Å². The summed E-state index contributed by atoms with van der Waals surface area (Å²) in [4.78, 5) is 2.43. The number of fused-ring (bicyclic) bond motifs is 7. The Labute approximate surface area is 216 Å². The molecule has 0 bridgehead atoms. The molecule has 180 valence electrons. The third kappa shape index (κ3) is 2.72. The number of hydrogen-bond acceptors (Lipinski definition) is 2. The van der Waals surface area contributed by atoms with Gasteiger partial charge in [-0.1, -0.05) is 62.4 Å². The van der Waals surface area contributed by atoms with Crippen molar-refractivity contribution in [1.82, 2.24) is 4.57 Å². The molecule has 0 unspecified atom stereocenters. The van der Waals surface area contributed by atoms with Gasteiger partial charge in [0.1, 0.15) is 0 Å². The van der Waals surface area contributed by atoms with Crippen molar-refractivity contribution in [3.63, 3.8) is 0 Å². The Morgan fingerprint density at radius 2 is 1.62 bits per heavy atom. The fraction of sp³-hybridized carbons (Fsp3) is 0.176. The molecule has 3 heteroatoms. The maximum absolute atomic E-state index is 6.43. The molecule has 0 saturated carbocycles. The number of hydrogen-bond donors (Lipinski definition) is 0. The second-order valence-corrected chi connectivity index (χ2v) is 11.0. The number of aryl methyl sites for hydroxylation is 1. The van der Waals surface area contributed by atoms with E-state index in [0.717, 1.165) is 35.7 Å². The van der Waals surface area contributed by atoms with Crippen LogP contribution in [0.2, 0.25) is 0 Å². The van der Waals surface area contributed by atoms with Crippen molar-refractivity contribution in [2.75, 3.05) is 4.90 Å². The lowest BCUT2D eigenvalue weighted by Crippen LogP contribution is -2.32. The molecule has 0 fully saturated rings. The van der Waals surface area contributed by atoms with Crippen molar-refractivity contribution in [1.29, 1.82) is 0 Å². The summed E-state index contributed by atoms with van der Waals surface area (Å²) in [5, 5.41) is 2.60. The van der Waals surface area contributed by atoms with Crippen molar-refractivity contribution in [3.8, 4) is 11.5 Å². The number of benzene rings is 4. The molecule has 8 rings (SSSR count). The third-order valence-electron chi connectivity index (χ3n) is 8.45. The summed E-state index contributed by atoms with van der Waals surface area (Å²) in [6.45, 7) is 6.89. The van der Waals surface area contributed by atoms with Gasteiger partial charge in [-0.25, -0.2) is 0 Å². The van der Waals surface area contributed by atoms with Gasteiger partial charge in [0.05, 0.1) is 28.1 Å². The van der Waals surface area contributed by atoms with E-state index in [1.807, 2.05) is 6.07 Å². The van der Waals surface area contributed by atoms with Crippen molar-refractivity contribution in [2.45, 2.75) is 39.0 Å². The summed E-state index contributed by atoms with van der Waals surface area (Å²) in [7, 11) is 0. The van der Waals surface area contributed by atoms with Crippen molar-refractivity contribution in [2.24, 2.45) is 0 Å². The van der Waals surface area contributed by atoms with Crippen LogP contribution in [-0.4, -0.2) is 4.57 Å². The number of ether oxygens (including phenoxy) is 1. The lowest BCUT2D eigenvalue weighted by atomic mass is 9.73. The molecule has 3 aliphatic rings. The maximum atomic E-state index is 6.43. The number of anilines is 3. The lowest BCUT2D eigenvalue weighted by molar-refractivity contribution is 0.471. The highest BCUT2D eigenvalue weighted by molar-refractivity contribution is 6.13. The van der Waals surface area contributed by atoms with E-state index in [2.05, 4.69) is 115 Å². The zero-order valence-corrected chi connectivity index (χ0v) is 21.4. The molecule has 1 aromatic heterocycles. The summed E-state index contributed by atoms with van der Waals surface area (Å²) in [6.07, 6.45) is 8.88. The molecule has 5 aromatic rings. The predicted octanol–water partition coefficient (Wildman–Crippen LogP) is 9.51. The molecular weight excluding hydrogens is 452 g/mol. The fourth-order valence-corrected chi connectivity index (χ4v) is 6.64. The first-order valence-corrected chi connectivity index (χ1v) is 13.2. The zero-order valence-electron chi connectivity index (χ0n) is 21.4. The van der Waals surface area contributed by atoms with Gasteiger partial charge >= 0.3 is 0 Å². The van der Waals surface area contributed by atoms with Crippen LogP contribution in [0.15, 0.2) is 91.0 Å². The monoisotopic (exact) mass is 480 g/mol. The zero-order chi connectivity index (χ0) is 24.9. The van der Waals surface area contributed by atoms with Gasteiger partial charge < -0.3 is 14.2 Å². The Hall–Kier alpha value is -4.24. The number of nitrogens with zero attached hydrogens (tertiary/aromatic N) is 2. The van der Waals surface area contributed by atoms with Gasteiger partial charge in [0.2, 0.25) is 0 Å². The third-order valence-corrected chi connectivity index (χ3v) is 8.45. The maximum Gasteiger partial charge on any atom is 0.151 e. The fourth-order valence-electron chi connectivity index (χ4n) is 6.64. The van der Waals surface area contributed by atoms with E-state index in [9.17, 15) is 0 Å². The molecule has 3 nitrogen and oxygen atoms in total. The number of aromatic nitrogens is 1. The largest absolute Gasteiger partial charge is 0.453 e. The molecular formula is C34H28N2O. The molecule has 1 aliphatic carbocycles. The van der Waals surface area contributed by atoms with Gasteiger partial charge in [-0.05, 0) is 78.9 Å². The lowest BCUT2D eigenvalue weighted by Gasteiger charge is -2.44. The first kappa shape index (κ1) is 20.9. The normalized spacial score (nSPS) is 16.7. The summed E-state index contributed by atoms with van der Waals surface area (Å²) in [5.41, 5.74) is 11.2. The van der Waals surface area contributed by atoms with Crippen LogP contribution < -0.4 is 9.64 Å². The van der Waals surface area contributed by atoms with Crippen LogP contribution in [0.4, 0.5) is 17.1 Å². The molecule has 3 heterocycles. The summed E-state index contributed by atoms with van der Waals surface area (Å²) < 4.78 is 8.94. The second kappa shape index (κ2) is 7.17. The minimum Gasteiger partial charge on any atom is -0.453 e. The smallest absolute Gasteiger partial charge is 0.151 e. The van der Waals surface area contributed by atoms with E-state index in [-0.39, 0.29) is 5.41 Å². The minimum absolute atomic E-state index is 0.181. The predicted molar refractivity (Wildman–Crippen MR) is 154 cm³/mol.